The first-order chi connectivity index (χ1) is 9.74. The van der Waals surface area contributed by atoms with Crippen LogP contribution in [-0.2, 0) is 0 Å². The van der Waals surface area contributed by atoms with Gasteiger partial charge in [0.1, 0.15) is 17.5 Å². The van der Waals surface area contributed by atoms with Crippen LogP contribution >= 0.6 is 11.8 Å². The number of hydrogen-bond acceptors (Lipinski definition) is 5. The number of aromatic nitrogens is 2. The van der Waals surface area contributed by atoms with Crippen molar-refractivity contribution in [2.45, 2.75) is 49.2 Å². The Morgan fingerprint density at radius 3 is 2.55 bits per heavy atom. The predicted octanol–water partition coefficient (Wildman–Crippen LogP) is 3.48. The number of thioether (sulfide) groups is 1. The Hall–Kier alpha value is -0.970. The average molecular weight is 292 g/mol. The van der Waals surface area contributed by atoms with Gasteiger partial charge in [0.05, 0.1) is 0 Å². The van der Waals surface area contributed by atoms with Crippen LogP contribution in [0.3, 0.4) is 0 Å². The van der Waals surface area contributed by atoms with Crippen LogP contribution in [-0.4, -0.2) is 34.6 Å². The molecule has 110 valence electrons. The van der Waals surface area contributed by atoms with Crippen LogP contribution in [0.2, 0.25) is 0 Å². The molecule has 0 amide bonds. The number of anilines is 2. The molecule has 2 fully saturated rings. The van der Waals surface area contributed by atoms with Gasteiger partial charge in [-0.1, -0.05) is 12.8 Å². The van der Waals surface area contributed by atoms with Crippen molar-refractivity contribution in [3.63, 3.8) is 0 Å². The highest BCUT2D eigenvalue weighted by Gasteiger charge is 2.33. The lowest BCUT2D eigenvalue weighted by molar-refractivity contribution is 0.638. The molecule has 0 atom stereocenters. The zero-order valence-corrected chi connectivity index (χ0v) is 13.2. The second-order valence-electron chi connectivity index (χ2n) is 5.97. The molecule has 0 spiro atoms. The van der Waals surface area contributed by atoms with Crippen molar-refractivity contribution >= 4 is 23.4 Å². The van der Waals surface area contributed by atoms with Gasteiger partial charge in [0.15, 0.2) is 0 Å². The molecule has 2 aliphatic carbocycles. The summed E-state index contributed by atoms with van der Waals surface area (Å²) in [6.07, 6.45) is 10.1. The Labute approximate surface area is 125 Å². The summed E-state index contributed by atoms with van der Waals surface area (Å²) in [4.78, 5) is 9.26. The zero-order chi connectivity index (χ0) is 14.0. The molecule has 0 aliphatic heterocycles. The fourth-order valence-electron chi connectivity index (χ4n) is 2.93. The second-order valence-corrected chi connectivity index (χ2v) is 7.24. The highest BCUT2D eigenvalue weighted by Crippen LogP contribution is 2.41. The number of nitrogens with one attached hydrogen (secondary N) is 2. The summed E-state index contributed by atoms with van der Waals surface area (Å²) in [5.41, 5.74) is 0. The molecule has 5 heteroatoms. The fourth-order valence-corrected chi connectivity index (χ4v) is 3.85. The second kappa shape index (κ2) is 5.80. The van der Waals surface area contributed by atoms with Crippen LogP contribution in [0, 0.1) is 0 Å². The predicted molar refractivity (Wildman–Crippen MR) is 86.8 cm³/mol. The fraction of sp³-hybridized carbons (Fsp3) is 0.733. The zero-order valence-electron chi connectivity index (χ0n) is 12.4. The minimum atomic E-state index is 0.407. The Morgan fingerprint density at radius 2 is 1.95 bits per heavy atom. The van der Waals surface area contributed by atoms with Crippen molar-refractivity contribution in [3.8, 4) is 0 Å². The third-order valence-electron chi connectivity index (χ3n) is 4.48. The maximum atomic E-state index is 4.70. The molecule has 0 radical (unpaired) electrons. The molecule has 1 heterocycles. The van der Waals surface area contributed by atoms with E-state index in [0.29, 0.717) is 10.7 Å². The molecule has 1 aromatic heterocycles. The molecule has 0 bridgehead atoms. The summed E-state index contributed by atoms with van der Waals surface area (Å²) >= 11 is 2.01. The van der Waals surface area contributed by atoms with Crippen LogP contribution in [0.4, 0.5) is 11.6 Å². The summed E-state index contributed by atoms with van der Waals surface area (Å²) in [7, 11) is 1.92. The molecular weight excluding hydrogens is 268 g/mol. The average Bonchev–Trinajstić information content (AvgIpc) is 3.24. The highest BCUT2D eigenvalue weighted by atomic mass is 32.2. The number of rotatable bonds is 6. The molecule has 2 N–H and O–H groups in total. The minimum absolute atomic E-state index is 0.407. The Balaban J connectivity index is 1.71. The van der Waals surface area contributed by atoms with Crippen LogP contribution in [0.5, 0.6) is 0 Å². The molecule has 0 unspecified atom stereocenters. The first kappa shape index (κ1) is 14.0. The summed E-state index contributed by atoms with van der Waals surface area (Å²) < 4.78 is 0.407. The van der Waals surface area contributed by atoms with Crippen LogP contribution < -0.4 is 10.6 Å². The van der Waals surface area contributed by atoms with Gasteiger partial charge in [-0.2, -0.15) is 11.8 Å². The smallest absolute Gasteiger partial charge is 0.136 e. The summed E-state index contributed by atoms with van der Waals surface area (Å²) in [6, 6.07) is 2.02. The topological polar surface area (TPSA) is 49.8 Å². The van der Waals surface area contributed by atoms with E-state index in [1.807, 2.05) is 24.9 Å². The van der Waals surface area contributed by atoms with Crippen molar-refractivity contribution in [1.29, 1.82) is 0 Å². The van der Waals surface area contributed by atoms with Gasteiger partial charge in [-0.25, -0.2) is 9.97 Å². The summed E-state index contributed by atoms with van der Waals surface area (Å²) in [6.45, 7) is 1.01. The van der Waals surface area contributed by atoms with Gasteiger partial charge in [-0.3, -0.25) is 0 Å². The summed E-state index contributed by atoms with van der Waals surface area (Å²) in [5, 5.41) is 6.71. The quantitative estimate of drug-likeness (QED) is 0.840. The van der Waals surface area contributed by atoms with Gasteiger partial charge in [0, 0.05) is 30.3 Å². The van der Waals surface area contributed by atoms with Crippen LogP contribution in [0.25, 0.3) is 0 Å². The van der Waals surface area contributed by atoms with E-state index in [0.717, 1.165) is 24.0 Å². The van der Waals surface area contributed by atoms with Gasteiger partial charge < -0.3 is 10.6 Å². The highest BCUT2D eigenvalue weighted by molar-refractivity contribution is 8.00. The van der Waals surface area contributed by atoms with Gasteiger partial charge in [0.25, 0.3) is 0 Å². The maximum absolute atomic E-state index is 4.70. The van der Waals surface area contributed by atoms with E-state index in [2.05, 4.69) is 21.9 Å². The SMILES string of the molecule is CNc1cc(NCC2(SC)CCCC2)nc(C2CC2)n1. The van der Waals surface area contributed by atoms with E-state index >= 15 is 0 Å². The molecule has 20 heavy (non-hydrogen) atoms. The van der Waals surface area contributed by atoms with Crippen molar-refractivity contribution in [3.05, 3.63) is 11.9 Å². The molecule has 0 saturated heterocycles. The third-order valence-corrected chi connectivity index (χ3v) is 5.90. The van der Waals surface area contributed by atoms with Crippen LogP contribution in [0.1, 0.15) is 50.3 Å². The van der Waals surface area contributed by atoms with Crippen molar-refractivity contribution in [2.75, 3.05) is 30.5 Å². The normalized spacial score (nSPS) is 20.9. The van der Waals surface area contributed by atoms with Crippen molar-refractivity contribution in [2.24, 2.45) is 0 Å². The Bertz CT molecular complexity index is 467. The van der Waals surface area contributed by atoms with Crippen molar-refractivity contribution in [1.82, 2.24) is 9.97 Å². The maximum Gasteiger partial charge on any atom is 0.136 e. The molecule has 0 aromatic carbocycles. The third kappa shape index (κ3) is 3.03. The Kier molecular flexibility index (Phi) is 4.06. The first-order valence-electron chi connectivity index (χ1n) is 7.60. The lowest BCUT2D eigenvalue weighted by atomic mass is 10.1. The van der Waals surface area contributed by atoms with E-state index < -0.39 is 0 Å². The van der Waals surface area contributed by atoms with Crippen molar-refractivity contribution < 1.29 is 0 Å². The molecule has 2 aliphatic rings. The standard InChI is InChI=1S/C15H24N4S/c1-16-12-9-13(19-14(18-12)11-5-6-11)17-10-15(20-2)7-3-4-8-15/h9,11H,3-8,10H2,1-2H3,(H2,16,17,18,19). The van der Waals surface area contributed by atoms with Crippen LogP contribution in [0.15, 0.2) is 6.07 Å². The lowest BCUT2D eigenvalue weighted by Crippen LogP contribution is -2.30. The molecule has 3 rings (SSSR count). The van der Waals surface area contributed by atoms with Gasteiger partial charge >= 0.3 is 0 Å². The first-order valence-corrected chi connectivity index (χ1v) is 8.83. The monoisotopic (exact) mass is 292 g/mol. The number of nitrogens with zero attached hydrogens (tertiary/aromatic N) is 2. The molecule has 1 aromatic rings. The largest absolute Gasteiger partial charge is 0.373 e. The van der Waals surface area contributed by atoms with Gasteiger partial charge in [0.2, 0.25) is 0 Å². The van der Waals surface area contributed by atoms with E-state index in [4.69, 9.17) is 4.98 Å². The minimum Gasteiger partial charge on any atom is -0.373 e. The van der Waals surface area contributed by atoms with E-state index in [1.165, 1.54) is 38.5 Å². The van der Waals surface area contributed by atoms with Gasteiger partial charge in [-0.05, 0) is 31.9 Å². The summed E-state index contributed by atoms with van der Waals surface area (Å²) in [5.74, 6) is 3.49. The molecule has 4 nitrogen and oxygen atoms in total. The van der Waals surface area contributed by atoms with E-state index in [-0.39, 0.29) is 0 Å². The van der Waals surface area contributed by atoms with E-state index in [9.17, 15) is 0 Å². The lowest BCUT2D eigenvalue weighted by Gasteiger charge is -2.27. The number of hydrogen-bond donors (Lipinski definition) is 2. The van der Waals surface area contributed by atoms with E-state index in [1.54, 1.807) is 0 Å². The molecular formula is C15H24N4S. The van der Waals surface area contributed by atoms with Gasteiger partial charge in [-0.15, -0.1) is 0 Å². The Morgan fingerprint density at radius 1 is 1.25 bits per heavy atom. The molecule has 2 saturated carbocycles.